The first-order chi connectivity index (χ1) is 11.5. The van der Waals surface area contributed by atoms with E-state index in [1.165, 1.54) is 0 Å². The van der Waals surface area contributed by atoms with Crippen molar-refractivity contribution < 1.29 is 14.0 Å². The fraction of sp³-hybridized carbons (Fsp3) is 0.294. The maximum absolute atomic E-state index is 11.9. The van der Waals surface area contributed by atoms with Crippen LogP contribution in [0.4, 0.5) is 0 Å². The lowest BCUT2D eigenvalue weighted by Crippen LogP contribution is -2.42. The highest BCUT2D eigenvalue weighted by molar-refractivity contribution is 6.35. The van der Waals surface area contributed by atoms with Crippen molar-refractivity contribution in [3.8, 4) is 0 Å². The minimum Gasteiger partial charge on any atom is -0.468 e. The van der Waals surface area contributed by atoms with Crippen molar-refractivity contribution in [2.75, 3.05) is 20.6 Å². The van der Waals surface area contributed by atoms with E-state index >= 15 is 0 Å². The van der Waals surface area contributed by atoms with E-state index in [0.717, 1.165) is 11.3 Å². The molecular weight excluding hydrogens is 330 g/mol. The van der Waals surface area contributed by atoms with Gasteiger partial charge in [-0.05, 0) is 37.9 Å². The molecule has 0 bridgehead atoms. The molecule has 6 nitrogen and oxygen atoms in total. The number of rotatable bonds is 6. The molecule has 0 aliphatic carbocycles. The van der Waals surface area contributed by atoms with Gasteiger partial charge in [-0.25, -0.2) is 0 Å². The summed E-state index contributed by atoms with van der Waals surface area (Å²) in [5.41, 5.74) is 0.752. The van der Waals surface area contributed by atoms with Gasteiger partial charge < -0.3 is 15.1 Å². The number of carbonyl (C=O) groups is 2. The van der Waals surface area contributed by atoms with E-state index in [1.54, 1.807) is 30.5 Å². The Balaban J connectivity index is 1.85. The van der Waals surface area contributed by atoms with Gasteiger partial charge in [0.25, 0.3) is 0 Å². The molecule has 0 saturated heterocycles. The molecule has 1 aromatic heterocycles. The van der Waals surface area contributed by atoms with Gasteiger partial charge in [0, 0.05) is 18.1 Å². The molecule has 0 spiro atoms. The minimum atomic E-state index is -0.702. The molecule has 2 amide bonds. The van der Waals surface area contributed by atoms with E-state index in [9.17, 15) is 9.59 Å². The van der Waals surface area contributed by atoms with Crippen LogP contribution in [0.15, 0.2) is 47.1 Å². The zero-order chi connectivity index (χ0) is 17.5. The van der Waals surface area contributed by atoms with Crippen LogP contribution >= 0.6 is 11.6 Å². The second-order valence-corrected chi connectivity index (χ2v) is 5.89. The monoisotopic (exact) mass is 349 g/mol. The first-order valence-electron chi connectivity index (χ1n) is 7.48. The number of likely N-dealkylation sites (N-methyl/N-ethyl adjacent to an activating group) is 1. The first kappa shape index (κ1) is 18.0. The molecule has 0 aliphatic heterocycles. The highest BCUT2D eigenvalue weighted by atomic mass is 35.5. The number of nitrogens with zero attached hydrogens (tertiary/aromatic N) is 1. The van der Waals surface area contributed by atoms with Crippen LogP contribution in [-0.4, -0.2) is 37.4 Å². The second-order valence-electron chi connectivity index (χ2n) is 5.48. The lowest BCUT2D eigenvalue weighted by atomic mass is 10.2. The maximum Gasteiger partial charge on any atom is 0.309 e. The van der Waals surface area contributed by atoms with Gasteiger partial charge in [0.2, 0.25) is 0 Å². The minimum absolute atomic E-state index is 0.152. The zero-order valence-corrected chi connectivity index (χ0v) is 14.3. The number of hydrogen-bond donors (Lipinski definition) is 2. The summed E-state index contributed by atoms with van der Waals surface area (Å²) in [4.78, 5) is 25.7. The number of benzene rings is 1. The predicted molar refractivity (Wildman–Crippen MR) is 91.4 cm³/mol. The van der Waals surface area contributed by atoms with Gasteiger partial charge in [0.15, 0.2) is 0 Å². The van der Waals surface area contributed by atoms with Crippen molar-refractivity contribution in [1.82, 2.24) is 15.5 Å². The van der Waals surface area contributed by atoms with Crippen molar-refractivity contribution in [3.63, 3.8) is 0 Å². The fourth-order valence-corrected chi connectivity index (χ4v) is 2.39. The molecule has 7 heteroatoms. The summed E-state index contributed by atoms with van der Waals surface area (Å²) in [6.45, 7) is 0.458. The Labute approximate surface area is 145 Å². The fourth-order valence-electron chi connectivity index (χ4n) is 2.19. The smallest absolute Gasteiger partial charge is 0.309 e. The van der Waals surface area contributed by atoms with Crippen LogP contribution in [0, 0.1) is 0 Å². The molecule has 1 atom stereocenters. The van der Waals surface area contributed by atoms with Crippen LogP contribution in [0.2, 0.25) is 5.02 Å². The average Bonchev–Trinajstić information content (AvgIpc) is 3.07. The van der Waals surface area contributed by atoms with Crippen LogP contribution in [-0.2, 0) is 16.1 Å². The third-order valence-electron chi connectivity index (χ3n) is 3.55. The Morgan fingerprint density at radius 1 is 1.12 bits per heavy atom. The average molecular weight is 350 g/mol. The van der Waals surface area contributed by atoms with Gasteiger partial charge in [-0.1, -0.05) is 29.8 Å². The molecule has 0 radical (unpaired) electrons. The van der Waals surface area contributed by atoms with Crippen LogP contribution in [0.25, 0.3) is 0 Å². The van der Waals surface area contributed by atoms with Crippen molar-refractivity contribution in [2.45, 2.75) is 12.6 Å². The van der Waals surface area contributed by atoms with Crippen molar-refractivity contribution in [1.29, 1.82) is 0 Å². The number of carbonyl (C=O) groups excluding carboxylic acids is 2. The van der Waals surface area contributed by atoms with E-state index in [2.05, 4.69) is 10.6 Å². The van der Waals surface area contributed by atoms with E-state index in [0.29, 0.717) is 5.02 Å². The second kappa shape index (κ2) is 8.52. The molecule has 2 rings (SSSR count). The summed E-state index contributed by atoms with van der Waals surface area (Å²) in [7, 11) is 3.74. The standard InChI is InChI=1S/C17H20ClN3O3/c1-21(2)14(15-8-5-9-24-15)11-20-17(23)16(22)19-10-12-6-3-4-7-13(12)18/h3-9,14H,10-11H2,1-2H3,(H,19,22)(H,20,23). The molecular formula is C17H20ClN3O3. The van der Waals surface area contributed by atoms with Gasteiger partial charge in [0.05, 0.1) is 12.3 Å². The Bertz CT molecular complexity index is 686. The maximum atomic E-state index is 11.9. The molecule has 1 aromatic carbocycles. The summed E-state index contributed by atoms with van der Waals surface area (Å²) in [5.74, 6) is -0.677. The summed E-state index contributed by atoms with van der Waals surface area (Å²) < 4.78 is 5.36. The van der Waals surface area contributed by atoms with Crippen LogP contribution in [0.1, 0.15) is 17.4 Å². The van der Waals surface area contributed by atoms with E-state index in [4.69, 9.17) is 16.0 Å². The number of nitrogens with one attached hydrogen (secondary N) is 2. The molecule has 1 heterocycles. The Hall–Kier alpha value is -2.31. The molecule has 2 N–H and O–H groups in total. The Kier molecular flexibility index (Phi) is 6.40. The molecule has 128 valence electrons. The van der Waals surface area contributed by atoms with Gasteiger partial charge in [-0.2, -0.15) is 0 Å². The van der Waals surface area contributed by atoms with Gasteiger partial charge >= 0.3 is 11.8 Å². The zero-order valence-electron chi connectivity index (χ0n) is 13.6. The summed E-state index contributed by atoms with van der Waals surface area (Å²) in [6.07, 6.45) is 1.57. The number of hydrogen-bond acceptors (Lipinski definition) is 4. The SMILES string of the molecule is CN(C)C(CNC(=O)C(=O)NCc1ccccc1Cl)c1ccco1. The van der Waals surface area contributed by atoms with Crippen LogP contribution in [0.5, 0.6) is 0 Å². The topological polar surface area (TPSA) is 74.6 Å². The lowest BCUT2D eigenvalue weighted by Gasteiger charge is -2.22. The molecule has 2 aromatic rings. The van der Waals surface area contributed by atoms with Crippen LogP contribution in [0.3, 0.4) is 0 Å². The lowest BCUT2D eigenvalue weighted by molar-refractivity contribution is -0.139. The third kappa shape index (κ3) is 4.84. The number of furan rings is 1. The molecule has 1 unspecified atom stereocenters. The summed E-state index contributed by atoms with van der Waals surface area (Å²) in [6, 6.07) is 10.6. The van der Waals surface area contributed by atoms with Crippen molar-refractivity contribution >= 4 is 23.4 Å². The summed E-state index contributed by atoms with van der Waals surface area (Å²) >= 11 is 6.01. The van der Waals surface area contributed by atoms with Gasteiger partial charge in [-0.3, -0.25) is 14.5 Å². The number of halogens is 1. The van der Waals surface area contributed by atoms with Crippen molar-refractivity contribution in [2.24, 2.45) is 0 Å². The molecule has 0 fully saturated rings. The largest absolute Gasteiger partial charge is 0.468 e. The molecule has 0 aliphatic rings. The predicted octanol–water partition coefficient (Wildman–Crippen LogP) is 1.97. The van der Waals surface area contributed by atoms with Crippen LogP contribution < -0.4 is 10.6 Å². The van der Waals surface area contributed by atoms with E-state index in [1.807, 2.05) is 31.1 Å². The van der Waals surface area contributed by atoms with E-state index in [-0.39, 0.29) is 19.1 Å². The highest BCUT2D eigenvalue weighted by Crippen LogP contribution is 2.17. The molecule has 0 saturated carbocycles. The Morgan fingerprint density at radius 2 is 1.83 bits per heavy atom. The molecule has 24 heavy (non-hydrogen) atoms. The quantitative estimate of drug-likeness (QED) is 0.782. The number of amides is 2. The Morgan fingerprint density at radius 3 is 2.46 bits per heavy atom. The first-order valence-corrected chi connectivity index (χ1v) is 7.86. The normalized spacial score (nSPS) is 12.0. The third-order valence-corrected chi connectivity index (χ3v) is 3.92. The van der Waals surface area contributed by atoms with Gasteiger partial charge in [-0.15, -0.1) is 0 Å². The van der Waals surface area contributed by atoms with Crippen molar-refractivity contribution in [3.05, 3.63) is 59.0 Å². The highest BCUT2D eigenvalue weighted by Gasteiger charge is 2.20. The van der Waals surface area contributed by atoms with E-state index < -0.39 is 11.8 Å². The summed E-state index contributed by atoms with van der Waals surface area (Å²) in [5, 5.41) is 5.72. The van der Waals surface area contributed by atoms with Gasteiger partial charge in [0.1, 0.15) is 5.76 Å².